The van der Waals surface area contributed by atoms with Gasteiger partial charge in [0.15, 0.2) is 0 Å². The Bertz CT molecular complexity index is 498. The van der Waals surface area contributed by atoms with E-state index in [2.05, 4.69) is 5.32 Å². The van der Waals surface area contributed by atoms with E-state index >= 15 is 0 Å². The van der Waals surface area contributed by atoms with Crippen LogP contribution in [0.2, 0.25) is 0 Å². The van der Waals surface area contributed by atoms with Crippen molar-refractivity contribution in [3.05, 3.63) is 23.8 Å². The van der Waals surface area contributed by atoms with Crippen LogP contribution in [0.3, 0.4) is 0 Å². The molecule has 0 bridgehead atoms. The maximum Gasteiger partial charge on any atom is 0.257 e. The predicted molar refractivity (Wildman–Crippen MR) is 82.5 cm³/mol. The van der Waals surface area contributed by atoms with Crippen molar-refractivity contribution in [3.63, 3.8) is 0 Å². The Morgan fingerprint density at radius 2 is 2.19 bits per heavy atom. The van der Waals surface area contributed by atoms with Gasteiger partial charge in [0, 0.05) is 25.9 Å². The molecule has 0 radical (unpaired) electrons. The molecular formula is C16H24N2O3. The van der Waals surface area contributed by atoms with E-state index in [1.807, 2.05) is 6.92 Å². The number of nitrogen functional groups attached to an aromatic ring is 1. The minimum atomic E-state index is -0.166. The molecular weight excluding hydrogens is 268 g/mol. The number of carbonyl (C=O) groups is 1. The second-order valence-electron chi connectivity index (χ2n) is 5.58. The average molecular weight is 292 g/mol. The van der Waals surface area contributed by atoms with Gasteiger partial charge in [-0.05, 0) is 43.7 Å². The van der Waals surface area contributed by atoms with Crippen LogP contribution in [-0.4, -0.2) is 32.8 Å². The van der Waals surface area contributed by atoms with E-state index < -0.39 is 0 Å². The molecule has 0 atom stereocenters. The summed E-state index contributed by atoms with van der Waals surface area (Å²) in [6.45, 7) is 3.78. The molecule has 0 unspecified atom stereocenters. The molecule has 1 amide bonds. The molecule has 1 saturated carbocycles. The number of nitrogens with two attached hydrogens (primary N) is 1. The first kappa shape index (κ1) is 15.6. The van der Waals surface area contributed by atoms with E-state index in [1.54, 1.807) is 25.3 Å². The molecule has 21 heavy (non-hydrogen) atoms. The zero-order valence-electron chi connectivity index (χ0n) is 12.8. The fraction of sp³-hybridized carbons (Fsp3) is 0.562. The number of carbonyl (C=O) groups excluding carboxylic acids is 1. The fourth-order valence-electron chi connectivity index (χ4n) is 2.43. The highest BCUT2D eigenvalue weighted by molar-refractivity contribution is 6.01. The maximum atomic E-state index is 12.4. The van der Waals surface area contributed by atoms with Crippen LogP contribution in [0.25, 0.3) is 0 Å². The number of hydrogen-bond acceptors (Lipinski definition) is 4. The fourth-order valence-corrected chi connectivity index (χ4v) is 2.43. The van der Waals surface area contributed by atoms with Crippen molar-refractivity contribution >= 4 is 11.6 Å². The van der Waals surface area contributed by atoms with Gasteiger partial charge in [-0.3, -0.25) is 4.79 Å². The van der Waals surface area contributed by atoms with Crippen molar-refractivity contribution < 1.29 is 14.3 Å². The highest BCUT2D eigenvalue weighted by Gasteiger charge is 2.42. The van der Waals surface area contributed by atoms with Gasteiger partial charge in [-0.2, -0.15) is 0 Å². The Balaban J connectivity index is 2.00. The summed E-state index contributed by atoms with van der Waals surface area (Å²) < 4.78 is 10.6. The van der Waals surface area contributed by atoms with Crippen LogP contribution in [0, 0.1) is 5.41 Å². The topological polar surface area (TPSA) is 73.6 Å². The van der Waals surface area contributed by atoms with Crippen LogP contribution in [0.15, 0.2) is 18.2 Å². The van der Waals surface area contributed by atoms with Gasteiger partial charge in [0.1, 0.15) is 11.3 Å². The largest absolute Gasteiger partial charge is 0.493 e. The van der Waals surface area contributed by atoms with Crippen molar-refractivity contribution in [2.45, 2.75) is 26.2 Å². The van der Waals surface area contributed by atoms with Crippen molar-refractivity contribution in [2.75, 3.05) is 32.6 Å². The van der Waals surface area contributed by atoms with Crippen molar-refractivity contribution in [1.82, 2.24) is 5.32 Å². The van der Waals surface area contributed by atoms with Gasteiger partial charge >= 0.3 is 0 Å². The summed E-state index contributed by atoms with van der Waals surface area (Å²) in [5, 5.41) is 3.00. The van der Waals surface area contributed by atoms with Crippen LogP contribution >= 0.6 is 0 Å². The van der Waals surface area contributed by atoms with E-state index in [0.29, 0.717) is 30.2 Å². The summed E-state index contributed by atoms with van der Waals surface area (Å²) in [5.74, 6) is 0.372. The lowest BCUT2D eigenvalue weighted by Crippen LogP contribution is -2.31. The predicted octanol–water partition coefficient (Wildman–Crippen LogP) is 2.21. The van der Waals surface area contributed by atoms with Crippen molar-refractivity contribution in [1.29, 1.82) is 0 Å². The normalized spacial score (nSPS) is 15.5. The van der Waals surface area contributed by atoms with E-state index in [0.717, 1.165) is 25.9 Å². The lowest BCUT2D eigenvalue weighted by atomic mass is 10.0. The minimum absolute atomic E-state index is 0.166. The molecule has 1 aliphatic carbocycles. The van der Waals surface area contributed by atoms with Gasteiger partial charge in [-0.25, -0.2) is 0 Å². The van der Waals surface area contributed by atoms with Gasteiger partial charge < -0.3 is 20.5 Å². The quantitative estimate of drug-likeness (QED) is 0.721. The molecule has 2 rings (SSSR count). The zero-order chi connectivity index (χ0) is 15.3. The summed E-state index contributed by atoms with van der Waals surface area (Å²) >= 11 is 0. The molecule has 1 fully saturated rings. The molecule has 5 nitrogen and oxygen atoms in total. The highest BCUT2D eigenvalue weighted by Crippen LogP contribution is 2.48. The molecule has 0 aliphatic heterocycles. The molecule has 0 heterocycles. The van der Waals surface area contributed by atoms with E-state index in [9.17, 15) is 4.79 Å². The second-order valence-corrected chi connectivity index (χ2v) is 5.58. The van der Waals surface area contributed by atoms with E-state index in [-0.39, 0.29) is 11.3 Å². The third-order valence-electron chi connectivity index (χ3n) is 4.00. The lowest BCUT2D eigenvalue weighted by molar-refractivity contribution is 0.0935. The summed E-state index contributed by atoms with van der Waals surface area (Å²) in [6.07, 6.45) is 3.25. The summed E-state index contributed by atoms with van der Waals surface area (Å²) in [6, 6.07) is 5.28. The van der Waals surface area contributed by atoms with Crippen LogP contribution in [0.4, 0.5) is 5.69 Å². The number of anilines is 1. The van der Waals surface area contributed by atoms with Gasteiger partial charge in [-0.1, -0.05) is 6.07 Å². The highest BCUT2D eigenvalue weighted by atomic mass is 16.5. The number of methoxy groups -OCH3 is 1. The van der Waals surface area contributed by atoms with Crippen LogP contribution in [0.1, 0.15) is 36.5 Å². The first-order valence-electron chi connectivity index (χ1n) is 7.40. The minimum Gasteiger partial charge on any atom is -0.493 e. The first-order valence-corrected chi connectivity index (χ1v) is 7.40. The number of benzene rings is 1. The van der Waals surface area contributed by atoms with Crippen LogP contribution in [0.5, 0.6) is 5.75 Å². The average Bonchev–Trinajstić information content (AvgIpc) is 3.24. The molecule has 0 spiro atoms. The third kappa shape index (κ3) is 3.88. The molecule has 0 aromatic heterocycles. The standard InChI is InChI=1S/C16H24N2O3/c1-3-21-13-6-4-5-12(17)14(13)15(19)18-11-16(7-8-16)9-10-20-2/h4-6H,3,7-11,17H2,1-2H3,(H,18,19). The molecule has 5 heteroatoms. The maximum absolute atomic E-state index is 12.4. The molecule has 3 N–H and O–H groups in total. The third-order valence-corrected chi connectivity index (χ3v) is 4.00. The van der Waals surface area contributed by atoms with Crippen LogP contribution < -0.4 is 15.8 Å². The number of nitrogens with one attached hydrogen (secondary N) is 1. The van der Waals surface area contributed by atoms with Gasteiger partial charge in [0.2, 0.25) is 0 Å². The molecule has 1 aromatic rings. The summed E-state index contributed by atoms with van der Waals surface area (Å²) in [4.78, 5) is 12.4. The second kappa shape index (κ2) is 6.80. The van der Waals surface area contributed by atoms with Crippen LogP contribution in [-0.2, 0) is 4.74 Å². The monoisotopic (exact) mass is 292 g/mol. The van der Waals surface area contributed by atoms with Gasteiger partial charge in [0.05, 0.1) is 6.61 Å². The number of amides is 1. The molecule has 116 valence electrons. The van der Waals surface area contributed by atoms with Gasteiger partial charge in [-0.15, -0.1) is 0 Å². The SMILES string of the molecule is CCOc1cccc(N)c1C(=O)NCC1(CCOC)CC1. The summed E-state index contributed by atoms with van der Waals surface area (Å²) in [5.41, 5.74) is 7.01. The Labute approximate surface area is 125 Å². The molecule has 1 aromatic carbocycles. The molecule has 1 aliphatic rings. The molecule has 0 saturated heterocycles. The Morgan fingerprint density at radius 3 is 2.81 bits per heavy atom. The Kier molecular flexibility index (Phi) is 5.07. The lowest BCUT2D eigenvalue weighted by Gasteiger charge is -2.17. The Hall–Kier alpha value is -1.75. The first-order chi connectivity index (χ1) is 10.1. The number of ether oxygens (including phenoxy) is 2. The van der Waals surface area contributed by atoms with Gasteiger partial charge in [0.25, 0.3) is 5.91 Å². The summed E-state index contributed by atoms with van der Waals surface area (Å²) in [7, 11) is 1.70. The zero-order valence-corrected chi connectivity index (χ0v) is 12.8. The smallest absolute Gasteiger partial charge is 0.257 e. The Morgan fingerprint density at radius 1 is 1.43 bits per heavy atom. The van der Waals surface area contributed by atoms with Crippen molar-refractivity contribution in [2.24, 2.45) is 5.41 Å². The number of rotatable bonds is 8. The van der Waals surface area contributed by atoms with E-state index in [1.165, 1.54) is 0 Å². The van der Waals surface area contributed by atoms with E-state index in [4.69, 9.17) is 15.2 Å². The number of hydrogen-bond donors (Lipinski definition) is 2. The van der Waals surface area contributed by atoms with Crippen molar-refractivity contribution in [3.8, 4) is 5.75 Å².